The number of benzene rings is 1. The first-order valence-electron chi connectivity index (χ1n) is 10.7. The quantitative estimate of drug-likeness (QED) is 0.442. The predicted molar refractivity (Wildman–Crippen MR) is 123 cm³/mol. The van der Waals surface area contributed by atoms with Gasteiger partial charge in [0.25, 0.3) is 5.91 Å². The lowest BCUT2D eigenvalue weighted by Gasteiger charge is -2.24. The summed E-state index contributed by atoms with van der Waals surface area (Å²) < 4.78 is 5.62. The minimum Gasteiger partial charge on any atom is -0.491 e. The molecule has 3 aromatic rings. The molecular formula is C23H28N6O3. The number of fused-ring (bicyclic) bond motifs is 1. The molecule has 1 atom stereocenters. The number of aromatic nitrogens is 3. The summed E-state index contributed by atoms with van der Waals surface area (Å²) in [6.45, 7) is 5.38. The van der Waals surface area contributed by atoms with Crippen LogP contribution in [-0.2, 0) is 0 Å². The molecule has 1 aliphatic rings. The highest BCUT2D eigenvalue weighted by Crippen LogP contribution is 2.28. The molecule has 1 amide bonds. The fourth-order valence-corrected chi connectivity index (χ4v) is 3.63. The van der Waals surface area contributed by atoms with Crippen LogP contribution in [-0.4, -0.2) is 57.3 Å². The number of piperidine rings is 1. The van der Waals surface area contributed by atoms with Crippen molar-refractivity contribution in [2.24, 2.45) is 5.73 Å². The molecule has 1 saturated heterocycles. The van der Waals surface area contributed by atoms with Gasteiger partial charge in [0, 0.05) is 18.2 Å². The molecule has 168 valence electrons. The van der Waals surface area contributed by atoms with E-state index in [0.29, 0.717) is 33.9 Å². The van der Waals surface area contributed by atoms with Crippen molar-refractivity contribution < 1.29 is 14.6 Å². The van der Waals surface area contributed by atoms with Crippen molar-refractivity contribution in [3.63, 3.8) is 0 Å². The fraction of sp³-hybridized carbons (Fsp3) is 0.391. The van der Waals surface area contributed by atoms with Gasteiger partial charge >= 0.3 is 0 Å². The van der Waals surface area contributed by atoms with Crippen molar-refractivity contribution in [2.45, 2.75) is 38.3 Å². The third-order valence-electron chi connectivity index (χ3n) is 5.24. The Morgan fingerprint density at radius 2 is 2.06 bits per heavy atom. The van der Waals surface area contributed by atoms with Crippen LogP contribution in [0.3, 0.4) is 0 Å². The lowest BCUT2D eigenvalue weighted by atomic mass is 10.1. The number of primary amides is 1. The van der Waals surface area contributed by atoms with Crippen molar-refractivity contribution in [2.75, 3.05) is 25.0 Å². The van der Waals surface area contributed by atoms with Crippen molar-refractivity contribution >= 4 is 22.8 Å². The molecule has 3 heterocycles. The number of aliphatic hydroxyl groups is 1. The van der Waals surface area contributed by atoms with E-state index < -0.39 is 11.5 Å². The van der Waals surface area contributed by atoms with Gasteiger partial charge in [-0.15, -0.1) is 0 Å². The lowest BCUT2D eigenvalue weighted by Crippen LogP contribution is -2.38. The summed E-state index contributed by atoms with van der Waals surface area (Å²) in [6.07, 6.45) is 3.52. The number of pyridine rings is 1. The summed E-state index contributed by atoms with van der Waals surface area (Å²) >= 11 is 0. The second-order valence-electron chi connectivity index (χ2n) is 8.65. The van der Waals surface area contributed by atoms with Gasteiger partial charge in [-0.2, -0.15) is 0 Å². The number of hydrogen-bond donors (Lipinski definition) is 4. The minimum absolute atomic E-state index is 0.175. The van der Waals surface area contributed by atoms with E-state index in [9.17, 15) is 9.90 Å². The van der Waals surface area contributed by atoms with Gasteiger partial charge in [-0.1, -0.05) is 0 Å². The predicted octanol–water partition coefficient (Wildman–Crippen LogP) is 2.10. The molecule has 0 spiro atoms. The van der Waals surface area contributed by atoms with Gasteiger partial charge in [0.05, 0.1) is 16.9 Å². The van der Waals surface area contributed by atoms with Crippen LogP contribution in [0.1, 0.15) is 37.0 Å². The zero-order valence-corrected chi connectivity index (χ0v) is 18.3. The summed E-state index contributed by atoms with van der Waals surface area (Å²) in [5.41, 5.74) is 7.34. The molecule has 0 radical (unpaired) electrons. The average molecular weight is 437 g/mol. The number of ether oxygens (including phenoxy) is 1. The van der Waals surface area contributed by atoms with E-state index in [1.165, 1.54) is 6.33 Å². The zero-order valence-electron chi connectivity index (χ0n) is 18.3. The van der Waals surface area contributed by atoms with Crippen molar-refractivity contribution in [1.29, 1.82) is 0 Å². The second kappa shape index (κ2) is 9.05. The Balaban J connectivity index is 1.70. The van der Waals surface area contributed by atoms with Crippen LogP contribution in [0.2, 0.25) is 0 Å². The first-order valence-corrected chi connectivity index (χ1v) is 10.7. The summed E-state index contributed by atoms with van der Waals surface area (Å²) in [7, 11) is 0. The van der Waals surface area contributed by atoms with E-state index in [-0.39, 0.29) is 12.6 Å². The highest BCUT2D eigenvalue weighted by molar-refractivity contribution is 6.06. The Bertz CT molecular complexity index is 1110. The molecule has 4 rings (SSSR count). The number of amides is 1. The summed E-state index contributed by atoms with van der Waals surface area (Å²) in [5, 5.41) is 16.6. The molecule has 0 unspecified atom stereocenters. The molecule has 9 heteroatoms. The van der Waals surface area contributed by atoms with Crippen LogP contribution < -0.4 is 21.1 Å². The van der Waals surface area contributed by atoms with Crippen LogP contribution in [0, 0.1) is 0 Å². The van der Waals surface area contributed by atoms with Crippen LogP contribution in [0.5, 0.6) is 5.75 Å². The Kier molecular flexibility index (Phi) is 6.20. The van der Waals surface area contributed by atoms with Gasteiger partial charge in [-0.25, -0.2) is 15.0 Å². The van der Waals surface area contributed by atoms with E-state index in [4.69, 9.17) is 15.5 Å². The molecule has 1 aliphatic heterocycles. The summed E-state index contributed by atoms with van der Waals surface area (Å²) in [4.78, 5) is 25.6. The van der Waals surface area contributed by atoms with Crippen LogP contribution in [0.15, 0.2) is 36.7 Å². The standard InChI is InChI=1S/C23H28N6O3/c1-23(2,31)12-32-16-7-5-14(6-8-16)18-10-17(21(24)30)19-20(29-18)22(27-13-26-19)28-15-4-3-9-25-11-15/h5-8,10,13,15,25,31H,3-4,9,11-12H2,1-2H3,(H2,24,30)(H,26,27,28)/t15-/m0/s1. The van der Waals surface area contributed by atoms with Crippen molar-refractivity contribution in [3.8, 4) is 17.0 Å². The molecule has 0 saturated carbocycles. The van der Waals surface area contributed by atoms with E-state index in [2.05, 4.69) is 20.6 Å². The number of carbonyl (C=O) groups is 1. The SMILES string of the molecule is CC(C)(O)COc1ccc(-c2cc(C(N)=O)c3ncnc(N[C@H]4CCCNC4)c3n2)cc1. The van der Waals surface area contributed by atoms with Crippen molar-refractivity contribution in [1.82, 2.24) is 20.3 Å². The third kappa shape index (κ3) is 5.12. The van der Waals surface area contributed by atoms with E-state index >= 15 is 0 Å². The zero-order chi connectivity index (χ0) is 22.7. The topological polar surface area (TPSA) is 135 Å². The van der Waals surface area contributed by atoms with Gasteiger partial charge in [0.15, 0.2) is 5.82 Å². The highest BCUT2D eigenvalue weighted by atomic mass is 16.5. The lowest BCUT2D eigenvalue weighted by molar-refractivity contribution is 0.0285. The molecule has 2 aromatic heterocycles. The van der Waals surface area contributed by atoms with Gasteiger partial charge in [-0.3, -0.25) is 4.79 Å². The maximum absolute atomic E-state index is 12.2. The van der Waals surface area contributed by atoms with E-state index in [0.717, 1.165) is 31.5 Å². The number of nitrogens with zero attached hydrogens (tertiary/aromatic N) is 3. The first kappa shape index (κ1) is 21.9. The molecule has 9 nitrogen and oxygen atoms in total. The van der Waals surface area contributed by atoms with Gasteiger partial charge in [0.1, 0.15) is 29.7 Å². The monoisotopic (exact) mass is 436 g/mol. The smallest absolute Gasteiger partial charge is 0.251 e. The fourth-order valence-electron chi connectivity index (χ4n) is 3.63. The Morgan fingerprint density at radius 1 is 1.28 bits per heavy atom. The van der Waals surface area contributed by atoms with Crippen molar-refractivity contribution in [3.05, 3.63) is 42.2 Å². The third-order valence-corrected chi connectivity index (χ3v) is 5.24. The largest absolute Gasteiger partial charge is 0.491 e. The average Bonchev–Trinajstić information content (AvgIpc) is 2.78. The van der Waals surface area contributed by atoms with E-state index in [1.54, 1.807) is 32.0 Å². The van der Waals surface area contributed by atoms with E-state index in [1.807, 2.05) is 12.1 Å². The molecule has 0 aliphatic carbocycles. The maximum atomic E-state index is 12.2. The number of nitrogens with two attached hydrogens (primary N) is 1. The number of nitrogens with one attached hydrogen (secondary N) is 2. The van der Waals surface area contributed by atoms with Crippen LogP contribution in [0.4, 0.5) is 5.82 Å². The molecule has 1 aromatic carbocycles. The van der Waals surface area contributed by atoms with Gasteiger partial charge in [-0.05, 0) is 63.6 Å². The number of rotatable bonds is 7. The maximum Gasteiger partial charge on any atom is 0.251 e. The molecule has 1 fully saturated rings. The number of hydrogen-bond acceptors (Lipinski definition) is 8. The van der Waals surface area contributed by atoms with Crippen LogP contribution in [0.25, 0.3) is 22.3 Å². The molecular weight excluding hydrogens is 408 g/mol. The first-order chi connectivity index (χ1) is 15.3. The Hall–Kier alpha value is -3.30. The summed E-state index contributed by atoms with van der Waals surface area (Å²) in [6, 6.07) is 9.16. The highest BCUT2D eigenvalue weighted by Gasteiger charge is 2.19. The van der Waals surface area contributed by atoms with Gasteiger partial charge < -0.3 is 26.2 Å². The number of anilines is 1. The molecule has 0 bridgehead atoms. The second-order valence-corrected chi connectivity index (χ2v) is 8.65. The summed E-state index contributed by atoms with van der Waals surface area (Å²) in [5.74, 6) is 0.633. The molecule has 32 heavy (non-hydrogen) atoms. The number of carbonyl (C=O) groups excluding carboxylic acids is 1. The van der Waals surface area contributed by atoms with Crippen LogP contribution >= 0.6 is 0 Å². The Morgan fingerprint density at radius 3 is 2.72 bits per heavy atom. The minimum atomic E-state index is -0.924. The van der Waals surface area contributed by atoms with Gasteiger partial charge in [0.2, 0.25) is 0 Å². The Labute approximate surface area is 186 Å². The normalized spacial score (nSPS) is 16.7. The molecule has 5 N–H and O–H groups in total.